The van der Waals surface area contributed by atoms with Crippen LogP contribution in [-0.4, -0.2) is 32.7 Å². The molecule has 0 aliphatic heterocycles. The van der Waals surface area contributed by atoms with Crippen molar-refractivity contribution in [3.05, 3.63) is 78.1 Å². The number of hydrogen-bond acceptors (Lipinski definition) is 4. The summed E-state index contributed by atoms with van der Waals surface area (Å²) in [5, 5.41) is 14.0. The van der Waals surface area contributed by atoms with Crippen molar-refractivity contribution in [1.82, 2.24) is 25.5 Å². The number of carbonyl (C=O) groups is 1. The van der Waals surface area contributed by atoms with Crippen molar-refractivity contribution < 1.29 is 4.79 Å². The number of rotatable bonds is 5. The highest BCUT2D eigenvalue weighted by molar-refractivity contribution is 5.80. The Balaban J connectivity index is 1.64. The first-order valence-electron chi connectivity index (χ1n) is 7.91. The van der Waals surface area contributed by atoms with E-state index >= 15 is 0 Å². The first-order valence-corrected chi connectivity index (χ1v) is 7.91. The van der Waals surface area contributed by atoms with Gasteiger partial charge in [0.2, 0.25) is 5.91 Å². The smallest absolute Gasteiger partial charge is 0.246 e. The molecule has 0 aliphatic carbocycles. The molecule has 0 aliphatic rings. The van der Waals surface area contributed by atoms with Crippen LogP contribution in [0.25, 0.3) is 0 Å². The van der Waals surface area contributed by atoms with Gasteiger partial charge in [-0.1, -0.05) is 60.4 Å². The Bertz CT molecular complexity index is 851. The highest BCUT2D eigenvalue weighted by atomic mass is 16.2. The van der Waals surface area contributed by atoms with E-state index in [2.05, 4.69) is 32.7 Å². The molecule has 0 unspecified atom stereocenters. The number of benzene rings is 2. The summed E-state index contributed by atoms with van der Waals surface area (Å²) >= 11 is 0. The fourth-order valence-electron chi connectivity index (χ4n) is 2.37. The first-order chi connectivity index (χ1) is 12.3. The molecule has 1 amide bonds. The van der Waals surface area contributed by atoms with Gasteiger partial charge in [-0.05, 0) is 28.1 Å². The highest BCUT2D eigenvalue weighted by Gasteiger charge is 2.21. The maximum atomic E-state index is 12.6. The van der Waals surface area contributed by atoms with Crippen LogP contribution in [0.5, 0.6) is 0 Å². The van der Waals surface area contributed by atoms with Gasteiger partial charge in [0.25, 0.3) is 0 Å². The van der Waals surface area contributed by atoms with Gasteiger partial charge in [0, 0.05) is 12.0 Å². The number of nitrogens with zero attached hydrogens (tertiary/aromatic N) is 4. The van der Waals surface area contributed by atoms with Gasteiger partial charge >= 0.3 is 0 Å². The normalized spacial score (nSPS) is 11.2. The van der Waals surface area contributed by atoms with Gasteiger partial charge in [0.1, 0.15) is 12.4 Å². The number of aromatic nitrogens is 4. The maximum Gasteiger partial charge on any atom is 0.246 e. The third kappa shape index (κ3) is 4.75. The van der Waals surface area contributed by atoms with Gasteiger partial charge < -0.3 is 5.32 Å². The molecule has 3 aromatic rings. The molecule has 1 heterocycles. The lowest BCUT2D eigenvalue weighted by Gasteiger charge is -2.15. The average Bonchev–Trinajstić information content (AvgIpc) is 3.19. The Morgan fingerprint density at radius 2 is 1.80 bits per heavy atom. The molecule has 25 heavy (non-hydrogen) atoms. The molecule has 6 nitrogen and oxygen atoms in total. The largest absolute Gasteiger partial charge is 0.343 e. The van der Waals surface area contributed by atoms with E-state index in [1.54, 1.807) is 0 Å². The van der Waals surface area contributed by atoms with Crippen LogP contribution in [0.3, 0.4) is 0 Å². The van der Waals surface area contributed by atoms with E-state index in [9.17, 15) is 4.79 Å². The number of amides is 1. The zero-order valence-electron chi connectivity index (χ0n) is 13.5. The minimum absolute atomic E-state index is 0.168. The van der Waals surface area contributed by atoms with E-state index in [0.717, 1.165) is 11.1 Å². The summed E-state index contributed by atoms with van der Waals surface area (Å²) in [6.45, 7) is 0.265. The molecule has 0 radical (unpaired) electrons. The maximum absolute atomic E-state index is 12.6. The van der Waals surface area contributed by atoms with Crippen LogP contribution in [0.1, 0.15) is 17.2 Å². The summed E-state index contributed by atoms with van der Waals surface area (Å²) < 4.78 is 1.47. The van der Waals surface area contributed by atoms with E-state index in [-0.39, 0.29) is 12.5 Å². The molecular formula is C19H17N5O. The second-order valence-electron chi connectivity index (χ2n) is 5.38. The summed E-state index contributed by atoms with van der Waals surface area (Å²) in [7, 11) is 0. The molecule has 1 aromatic heterocycles. The Morgan fingerprint density at radius 1 is 1.08 bits per heavy atom. The molecule has 1 atom stereocenters. The van der Waals surface area contributed by atoms with Crippen molar-refractivity contribution in [2.75, 3.05) is 6.54 Å². The van der Waals surface area contributed by atoms with Crippen LogP contribution >= 0.6 is 0 Å². The van der Waals surface area contributed by atoms with Crippen LogP contribution in [0.4, 0.5) is 0 Å². The molecule has 2 aromatic carbocycles. The average molecular weight is 331 g/mol. The zero-order valence-corrected chi connectivity index (χ0v) is 13.5. The predicted octanol–water partition coefficient (Wildman–Crippen LogP) is 1.62. The Labute approximate surface area is 145 Å². The van der Waals surface area contributed by atoms with Crippen molar-refractivity contribution in [2.24, 2.45) is 0 Å². The SMILES string of the molecule is O=C(NCC#Cc1ccccc1)[C@H](Cc1ccccc1)n1cnnn1. The van der Waals surface area contributed by atoms with Crippen molar-refractivity contribution in [1.29, 1.82) is 0 Å². The second-order valence-corrected chi connectivity index (χ2v) is 5.38. The van der Waals surface area contributed by atoms with Crippen molar-refractivity contribution in [3.63, 3.8) is 0 Å². The van der Waals surface area contributed by atoms with Crippen LogP contribution in [0, 0.1) is 11.8 Å². The number of hydrogen-bond donors (Lipinski definition) is 1. The predicted molar refractivity (Wildman–Crippen MR) is 93.3 cm³/mol. The van der Waals surface area contributed by atoms with Crippen molar-refractivity contribution in [2.45, 2.75) is 12.5 Å². The molecule has 124 valence electrons. The molecule has 0 saturated heterocycles. The van der Waals surface area contributed by atoms with E-state index in [1.165, 1.54) is 11.0 Å². The number of tetrazole rings is 1. The minimum Gasteiger partial charge on any atom is -0.343 e. The Hall–Kier alpha value is -3.46. The van der Waals surface area contributed by atoms with E-state index < -0.39 is 6.04 Å². The first kappa shape index (κ1) is 16.4. The Kier molecular flexibility index (Phi) is 5.52. The third-order valence-corrected chi connectivity index (χ3v) is 3.62. The standard InChI is InChI=1S/C19H17N5O/c25-19(20-13-7-12-16-8-3-1-4-9-16)18(24-15-21-22-23-24)14-17-10-5-2-6-11-17/h1-6,8-11,15,18H,13-14H2,(H,20,25)/t18-/m0/s1. The lowest BCUT2D eigenvalue weighted by atomic mass is 10.1. The fraction of sp³-hybridized carbons (Fsp3) is 0.158. The molecule has 0 bridgehead atoms. The summed E-state index contributed by atoms with van der Waals surface area (Å²) in [4.78, 5) is 12.6. The van der Waals surface area contributed by atoms with Crippen LogP contribution in [-0.2, 0) is 11.2 Å². The molecule has 0 saturated carbocycles. The van der Waals surface area contributed by atoms with Crippen LogP contribution in [0.15, 0.2) is 67.0 Å². The minimum atomic E-state index is -0.518. The molecule has 1 N–H and O–H groups in total. The summed E-state index contributed by atoms with van der Waals surface area (Å²) in [6, 6.07) is 18.9. The molecule has 3 rings (SSSR count). The van der Waals surface area contributed by atoms with Gasteiger partial charge in [-0.15, -0.1) is 5.10 Å². The summed E-state index contributed by atoms with van der Waals surface area (Å²) in [5.74, 6) is 5.80. The molecule has 0 fully saturated rings. The van der Waals surface area contributed by atoms with Gasteiger partial charge in [0.05, 0.1) is 6.54 Å². The van der Waals surface area contributed by atoms with E-state index in [0.29, 0.717) is 6.42 Å². The number of nitrogens with one attached hydrogen (secondary N) is 1. The number of carbonyl (C=O) groups excluding carboxylic acids is 1. The topological polar surface area (TPSA) is 72.7 Å². The summed E-state index contributed by atoms with van der Waals surface area (Å²) in [5.41, 5.74) is 1.95. The lowest BCUT2D eigenvalue weighted by molar-refractivity contribution is -0.124. The lowest BCUT2D eigenvalue weighted by Crippen LogP contribution is -2.34. The van der Waals surface area contributed by atoms with Crippen LogP contribution < -0.4 is 5.32 Å². The van der Waals surface area contributed by atoms with E-state index in [1.807, 2.05) is 60.7 Å². The Morgan fingerprint density at radius 3 is 2.48 bits per heavy atom. The van der Waals surface area contributed by atoms with Crippen molar-refractivity contribution >= 4 is 5.91 Å². The van der Waals surface area contributed by atoms with Gasteiger partial charge in [0.15, 0.2) is 0 Å². The highest BCUT2D eigenvalue weighted by Crippen LogP contribution is 2.13. The fourth-order valence-corrected chi connectivity index (χ4v) is 2.37. The van der Waals surface area contributed by atoms with Gasteiger partial charge in [-0.2, -0.15) is 0 Å². The third-order valence-electron chi connectivity index (χ3n) is 3.62. The quantitative estimate of drug-likeness (QED) is 0.721. The monoisotopic (exact) mass is 331 g/mol. The molecular weight excluding hydrogens is 314 g/mol. The van der Waals surface area contributed by atoms with E-state index in [4.69, 9.17) is 0 Å². The molecule has 0 spiro atoms. The van der Waals surface area contributed by atoms with Gasteiger partial charge in [-0.3, -0.25) is 4.79 Å². The van der Waals surface area contributed by atoms with Gasteiger partial charge in [-0.25, -0.2) is 4.68 Å². The zero-order chi connectivity index (χ0) is 17.3. The molecule has 6 heteroatoms. The second kappa shape index (κ2) is 8.41. The van der Waals surface area contributed by atoms with Crippen LogP contribution in [0.2, 0.25) is 0 Å². The van der Waals surface area contributed by atoms with Crippen molar-refractivity contribution in [3.8, 4) is 11.8 Å². The summed E-state index contributed by atoms with van der Waals surface area (Å²) in [6.07, 6.45) is 1.95.